The average Bonchev–Trinajstić information content (AvgIpc) is 3.22. The molecule has 6 rings (SSSR count). The summed E-state index contributed by atoms with van der Waals surface area (Å²) in [4.78, 5) is 30.4. The second kappa shape index (κ2) is 8.53. The van der Waals surface area contributed by atoms with Crippen molar-refractivity contribution in [1.82, 2.24) is 4.98 Å². The maximum absolute atomic E-state index is 13.4. The number of carbonyl (C=O) groups excluding carboxylic acids is 2. The molecular formula is C29H21NO6. The van der Waals surface area contributed by atoms with Crippen molar-refractivity contribution < 1.29 is 28.5 Å². The Balaban J connectivity index is 1.50. The molecule has 0 fully saturated rings. The minimum atomic E-state index is -0.359. The number of fused-ring (bicyclic) bond motifs is 4. The van der Waals surface area contributed by atoms with Crippen LogP contribution in [0.2, 0.25) is 0 Å². The summed E-state index contributed by atoms with van der Waals surface area (Å²) in [7, 11) is 3.10. The fourth-order valence-corrected chi connectivity index (χ4v) is 4.96. The fraction of sp³-hybridized carbons (Fsp3) is 0.138. The summed E-state index contributed by atoms with van der Waals surface area (Å²) in [6.45, 7) is 0. The van der Waals surface area contributed by atoms with Crippen LogP contribution in [0, 0.1) is 0 Å². The van der Waals surface area contributed by atoms with Crippen molar-refractivity contribution in [2.45, 2.75) is 12.3 Å². The van der Waals surface area contributed by atoms with E-state index >= 15 is 0 Å². The maximum atomic E-state index is 13.4. The van der Waals surface area contributed by atoms with E-state index in [2.05, 4.69) is 4.98 Å². The number of nitrogens with zero attached hydrogens (tertiary/aromatic N) is 1. The Morgan fingerprint density at radius 1 is 0.944 bits per heavy atom. The number of ketones is 1. The predicted octanol–water partition coefficient (Wildman–Crippen LogP) is 5.31. The monoisotopic (exact) mass is 479 g/mol. The highest BCUT2D eigenvalue weighted by Gasteiger charge is 2.39. The number of para-hydroxylation sites is 2. The lowest BCUT2D eigenvalue weighted by Crippen LogP contribution is -2.21. The number of ether oxygens (including phenoxy) is 4. The molecule has 1 aromatic heterocycles. The minimum Gasteiger partial charge on any atom is -0.493 e. The number of aromatic nitrogens is 1. The zero-order valence-electron chi connectivity index (χ0n) is 19.6. The summed E-state index contributed by atoms with van der Waals surface area (Å²) in [5.74, 6) is 1.04. The Labute approximate surface area is 206 Å². The van der Waals surface area contributed by atoms with E-state index in [1.807, 2.05) is 42.5 Å². The first-order chi connectivity index (χ1) is 17.6. The van der Waals surface area contributed by atoms with Crippen molar-refractivity contribution in [1.29, 1.82) is 0 Å². The van der Waals surface area contributed by atoms with Gasteiger partial charge in [0.2, 0.25) is 5.78 Å². The SMILES string of the molecule is COc1cccc(/C=C2\Oc3c(ccc4c3[C@@H](c3ccnc5ccccc35)CC(=O)O4)C2=O)c1OC. The van der Waals surface area contributed by atoms with Crippen LogP contribution in [-0.2, 0) is 4.79 Å². The average molecular weight is 479 g/mol. The van der Waals surface area contributed by atoms with Gasteiger partial charge in [0.15, 0.2) is 17.3 Å². The quantitative estimate of drug-likeness (QED) is 0.223. The number of esters is 1. The molecule has 7 nitrogen and oxygen atoms in total. The Hall–Kier alpha value is -4.65. The molecule has 3 heterocycles. The van der Waals surface area contributed by atoms with Gasteiger partial charge in [-0.2, -0.15) is 0 Å². The van der Waals surface area contributed by atoms with Crippen LogP contribution in [0.5, 0.6) is 23.0 Å². The molecular weight excluding hydrogens is 458 g/mol. The highest BCUT2D eigenvalue weighted by molar-refractivity contribution is 6.15. The summed E-state index contributed by atoms with van der Waals surface area (Å²) in [6, 6.07) is 18.4. The Kier molecular flexibility index (Phi) is 5.18. The highest BCUT2D eigenvalue weighted by atomic mass is 16.5. The fourth-order valence-electron chi connectivity index (χ4n) is 4.96. The molecule has 0 saturated heterocycles. The molecule has 0 bridgehead atoms. The number of Topliss-reactive ketones (excluding diaryl/α,β-unsaturated/α-hetero) is 1. The summed E-state index contributed by atoms with van der Waals surface area (Å²) in [5, 5.41) is 0.935. The van der Waals surface area contributed by atoms with Gasteiger partial charge in [-0.15, -0.1) is 0 Å². The lowest BCUT2D eigenvalue weighted by atomic mass is 9.83. The van der Waals surface area contributed by atoms with Crippen molar-refractivity contribution >= 4 is 28.7 Å². The van der Waals surface area contributed by atoms with Crippen LogP contribution < -0.4 is 18.9 Å². The second-order valence-corrected chi connectivity index (χ2v) is 8.52. The first-order valence-corrected chi connectivity index (χ1v) is 11.5. The standard InChI is InChI=1S/C29H21NO6/c1-33-23-9-5-6-16(28(23)34-2)14-24-27(32)19-10-11-22-26(29(19)36-24)20(15-25(31)35-22)17-12-13-30-21-8-4-3-7-18(17)21/h3-14,20H,15H2,1-2H3/b24-14-/t20-/m1/s1. The van der Waals surface area contributed by atoms with Crippen LogP contribution in [0.25, 0.3) is 17.0 Å². The van der Waals surface area contributed by atoms with E-state index in [-0.39, 0.29) is 29.9 Å². The lowest BCUT2D eigenvalue weighted by molar-refractivity contribution is -0.135. The lowest BCUT2D eigenvalue weighted by Gasteiger charge is -2.27. The van der Waals surface area contributed by atoms with Gasteiger partial charge >= 0.3 is 5.97 Å². The van der Waals surface area contributed by atoms with Gasteiger partial charge < -0.3 is 18.9 Å². The predicted molar refractivity (Wildman–Crippen MR) is 133 cm³/mol. The maximum Gasteiger partial charge on any atom is 0.312 e. The zero-order valence-corrected chi connectivity index (χ0v) is 19.6. The molecule has 7 heteroatoms. The van der Waals surface area contributed by atoms with E-state index in [1.165, 1.54) is 0 Å². The summed E-state index contributed by atoms with van der Waals surface area (Å²) < 4.78 is 22.7. The summed E-state index contributed by atoms with van der Waals surface area (Å²) in [6.07, 6.45) is 3.49. The first kappa shape index (κ1) is 21.9. The van der Waals surface area contributed by atoms with Crippen molar-refractivity contribution in [3.8, 4) is 23.0 Å². The van der Waals surface area contributed by atoms with Gasteiger partial charge in [0.05, 0.1) is 31.7 Å². The minimum absolute atomic E-state index is 0.123. The largest absolute Gasteiger partial charge is 0.493 e. The zero-order chi connectivity index (χ0) is 24.8. The molecule has 36 heavy (non-hydrogen) atoms. The molecule has 4 aromatic rings. The Morgan fingerprint density at radius 3 is 2.64 bits per heavy atom. The third kappa shape index (κ3) is 3.40. The third-order valence-electron chi connectivity index (χ3n) is 6.56. The molecule has 0 aliphatic carbocycles. The molecule has 0 spiro atoms. The van der Waals surface area contributed by atoms with E-state index in [1.54, 1.807) is 44.7 Å². The molecule has 1 atom stereocenters. The molecule has 0 saturated carbocycles. The van der Waals surface area contributed by atoms with Crippen molar-refractivity contribution in [3.05, 3.63) is 94.9 Å². The van der Waals surface area contributed by atoms with Gasteiger partial charge in [0.1, 0.15) is 11.5 Å². The van der Waals surface area contributed by atoms with Crippen LogP contribution in [-0.4, -0.2) is 31.0 Å². The molecule has 0 amide bonds. The molecule has 0 unspecified atom stereocenters. The van der Waals surface area contributed by atoms with Crippen LogP contribution in [0.1, 0.15) is 39.4 Å². The molecule has 2 aliphatic rings. The second-order valence-electron chi connectivity index (χ2n) is 8.52. The Bertz CT molecular complexity index is 1580. The van der Waals surface area contributed by atoms with Gasteiger partial charge in [-0.1, -0.05) is 30.3 Å². The Morgan fingerprint density at radius 2 is 1.81 bits per heavy atom. The van der Waals surface area contributed by atoms with E-state index < -0.39 is 0 Å². The van der Waals surface area contributed by atoms with E-state index in [4.69, 9.17) is 18.9 Å². The van der Waals surface area contributed by atoms with Crippen LogP contribution in [0.15, 0.2) is 72.6 Å². The molecule has 178 valence electrons. The molecule has 2 aliphatic heterocycles. The number of hydrogen-bond acceptors (Lipinski definition) is 7. The summed E-state index contributed by atoms with van der Waals surface area (Å²) >= 11 is 0. The third-order valence-corrected chi connectivity index (χ3v) is 6.56. The van der Waals surface area contributed by atoms with Crippen LogP contribution in [0.3, 0.4) is 0 Å². The number of carbonyl (C=O) groups is 2. The smallest absolute Gasteiger partial charge is 0.312 e. The molecule has 0 radical (unpaired) electrons. The highest BCUT2D eigenvalue weighted by Crippen LogP contribution is 2.50. The van der Waals surface area contributed by atoms with Gasteiger partial charge in [-0.05, 0) is 42.0 Å². The van der Waals surface area contributed by atoms with Gasteiger partial charge in [0, 0.05) is 28.6 Å². The number of methoxy groups -OCH3 is 2. The number of hydrogen-bond donors (Lipinski definition) is 0. The van der Waals surface area contributed by atoms with Crippen LogP contribution in [0.4, 0.5) is 0 Å². The molecule has 3 aromatic carbocycles. The number of rotatable bonds is 4. The number of pyridine rings is 1. The van der Waals surface area contributed by atoms with E-state index in [0.29, 0.717) is 39.7 Å². The van der Waals surface area contributed by atoms with E-state index in [0.717, 1.165) is 16.5 Å². The van der Waals surface area contributed by atoms with Crippen molar-refractivity contribution in [2.75, 3.05) is 14.2 Å². The number of allylic oxidation sites excluding steroid dienone is 1. The van der Waals surface area contributed by atoms with Crippen molar-refractivity contribution in [3.63, 3.8) is 0 Å². The van der Waals surface area contributed by atoms with Gasteiger partial charge in [0.25, 0.3) is 0 Å². The van der Waals surface area contributed by atoms with Crippen LogP contribution >= 0.6 is 0 Å². The van der Waals surface area contributed by atoms with E-state index in [9.17, 15) is 9.59 Å². The normalized spacial score (nSPS) is 17.4. The van der Waals surface area contributed by atoms with Crippen molar-refractivity contribution in [2.24, 2.45) is 0 Å². The first-order valence-electron chi connectivity index (χ1n) is 11.5. The van der Waals surface area contributed by atoms with Gasteiger partial charge in [-0.3, -0.25) is 14.6 Å². The summed E-state index contributed by atoms with van der Waals surface area (Å²) in [5.41, 5.74) is 3.49. The molecule has 0 N–H and O–H groups in total. The topological polar surface area (TPSA) is 84.0 Å². The van der Waals surface area contributed by atoms with Gasteiger partial charge in [-0.25, -0.2) is 0 Å². The number of benzene rings is 3.